The van der Waals surface area contributed by atoms with Crippen LogP contribution in [0.15, 0.2) is 195 Å². The van der Waals surface area contributed by atoms with Crippen LogP contribution >= 0.6 is 0 Å². The minimum Gasteiger partial charge on any atom is -0.310 e. The highest BCUT2D eigenvalue weighted by molar-refractivity contribution is 5.84. The number of anilines is 6. The molecule has 0 unspecified atom stereocenters. The first kappa shape index (κ1) is 30.3. The molecule has 0 heterocycles. The summed E-state index contributed by atoms with van der Waals surface area (Å²) < 4.78 is 0. The maximum Gasteiger partial charge on any atom is 0.0482 e. The highest BCUT2D eigenvalue weighted by Crippen LogP contribution is 2.41. The van der Waals surface area contributed by atoms with Crippen molar-refractivity contribution in [3.05, 3.63) is 206 Å². The monoisotopic (exact) mass is 616 g/mol. The maximum atomic E-state index is 3.94. The Hall–Kier alpha value is -6.38. The molecular weight excluding hydrogens is 581 g/mol. The summed E-state index contributed by atoms with van der Waals surface area (Å²) in [4.78, 5) is 4.62. The van der Waals surface area contributed by atoms with Crippen LogP contribution < -0.4 is 9.80 Å². The van der Waals surface area contributed by atoms with Gasteiger partial charge in [0, 0.05) is 34.1 Å². The molecule has 7 aromatic carbocycles. The molecule has 0 N–H and O–H groups in total. The molecule has 2 heteroatoms. The molecule has 0 spiro atoms. The van der Waals surface area contributed by atoms with Crippen molar-refractivity contribution in [3.63, 3.8) is 0 Å². The Morgan fingerprint density at radius 1 is 0.292 bits per heavy atom. The molecule has 0 aliphatic heterocycles. The predicted octanol–water partition coefficient (Wildman–Crippen LogP) is 13.2. The van der Waals surface area contributed by atoms with E-state index in [1.54, 1.807) is 0 Å². The fourth-order valence-corrected chi connectivity index (χ4v) is 6.12. The summed E-state index contributed by atoms with van der Waals surface area (Å²) in [5.41, 5.74) is 13.4. The molecule has 0 fully saturated rings. The SMILES string of the molecule is C=Cc1cccc(-c2ccc(N(c3ccccc3)c3cccc(N(c4ccccc4)c4ccc(-c5cccc(C=C)c5)cc4)c3)cc2)c1. The van der Waals surface area contributed by atoms with Gasteiger partial charge in [-0.25, -0.2) is 0 Å². The second-order valence-electron chi connectivity index (χ2n) is 11.6. The van der Waals surface area contributed by atoms with Gasteiger partial charge in [0.2, 0.25) is 0 Å². The van der Waals surface area contributed by atoms with Crippen molar-refractivity contribution in [2.24, 2.45) is 0 Å². The number of para-hydroxylation sites is 2. The van der Waals surface area contributed by atoms with Gasteiger partial charge in [-0.3, -0.25) is 0 Å². The van der Waals surface area contributed by atoms with Gasteiger partial charge in [0.1, 0.15) is 0 Å². The van der Waals surface area contributed by atoms with Crippen LogP contribution in [-0.2, 0) is 0 Å². The number of hydrogen-bond donors (Lipinski definition) is 0. The molecule has 0 saturated carbocycles. The van der Waals surface area contributed by atoms with Crippen LogP contribution in [0.1, 0.15) is 11.1 Å². The van der Waals surface area contributed by atoms with Gasteiger partial charge < -0.3 is 9.80 Å². The summed E-state index contributed by atoms with van der Waals surface area (Å²) in [6, 6.07) is 64.4. The normalized spacial score (nSPS) is 10.7. The van der Waals surface area contributed by atoms with Crippen LogP contribution in [0.5, 0.6) is 0 Å². The lowest BCUT2D eigenvalue weighted by Crippen LogP contribution is -2.13. The fourth-order valence-electron chi connectivity index (χ4n) is 6.12. The van der Waals surface area contributed by atoms with Crippen molar-refractivity contribution in [1.29, 1.82) is 0 Å². The van der Waals surface area contributed by atoms with Crippen LogP contribution in [-0.4, -0.2) is 0 Å². The summed E-state index contributed by atoms with van der Waals surface area (Å²) in [7, 11) is 0. The molecule has 0 bridgehead atoms. The van der Waals surface area contributed by atoms with Crippen LogP contribution in [0.3, 0.4) is 0 Å². The van der Waals surface area contributed by atoms with Gasteiger partial charge in [-0.05, 0) is 112 Å². The third-order valence-electron chi connectivity index (χ3n) is 8.54. The van der Waals surface area contributed by atoms with Gasteiger partial charge in [0.05, 0.1) is 0 Å². The van der Waals surface area contributed by atoms with E-state index in [0.717, 1.165) is 45.3 Å². The lowest BCUT2D eigenvalue weighted by atomic mass is 10.0. The molecule has 7 aromatic rings. The Bertz CT molecular complexity index is 1990. The smallest absolute Gasteiger partial charge is 0.0482 e. The average Bonchev–Trinajstić information content (AvgIpc) is 3.17. The van der Waals surface area contributed by atoms with E-state index in [9.17, 15) is 0 Å². The van der Waals surface area contributed by atoms with E-state index in [1.165, 1.54) is 22.3 Å². The molecule has 0 atom stereocenters. The summed E-state index contributed by atoms with van der Waals surface area (Å²) in [5.74, 6) is 0. The first-order valence-corrected chi connectivity index (χ1v) is 16.2. The maximum absolute atomic E-state index is 3.94. The Morgan fingerprint density at radius 2 is 0.646 bits per heavy atom. The van der Waals surface area contributed by atoms with Gasteiger partial charge in [-0.15, -0.1) is 0 Å². The summed E-state index contributed by atoms with van der Waals surface area (Å²) in [6.07, 6.45) is 3.77. The number of nitrogens with zero attached hydrogens (tertiary/aromatic N) is 2. The molecule has 0 saturated heterocycles. The van der Waals surface area contributed by atoms with Crippen LogP contribution in [0.25, 0.3) is 34.4 Å². The van der Waals surface area contributed by atoms with Gasteiger partial charge in [0.15, 0.2) is 0 Å². The van der Waals surface area contributed by atoms with Crippen molar-refractivity contribution in [2.45, 2.75) is 0 Å². The van der Waals surface area contributed by atoms with Crippen molar-refractivity contribution < 1.29 is 0 Å². The minimum atomic E-state index is 1.07. The van der Waals surface area contributed by atoms with Gasteiger partial charge >= 0.3 is 0 Å². The lowest BCUT2D eigenvalue weighted by Gasteiger charge is -2.29. The number of rotatable bonds is 10. The zero-order valence-corrected chi connectivity index (χ0v) is 26.8. The van der Waals surface area contributed by atoms with Crippen molar-refractivity contribution in [2.75, 3.05) is 9.80 Å². The first-order valence-electron chi connectivity index (χ1n) is 16.2. The molecule has 0 aromatic heterocycles. The summed E-state index contributed by atoms with van der Waals surface area (Å²) in [6.45, 7) is 7.87. The molecule has 0 radical (unpaired) electrons. The zero-order chi connectivity index (χ0) is 32.7. The van der Waals surface area contributed by atoms with Crippen molar-refractivity contribution in [3.8, 4) is 22.3 Å². The van der Waals surface area contributed by atoms with Crippen molar-refractivity contribution >= 4 is 46.3 Å². The molecule has 48 heavy (non-hydrogen) atoms. The zero-order valence-electron chi connectivity index (χ0n) is 26.8. The van der Waals surface area contributed by atoms with E-state index in [4.69, 9.17) is 0 Å². The minimum absolute atomic E-state index is 1.07. The van der Waals surface area contributed by atoms with Crippen LogP contribution in [0, 0.1) is 0 Å². The largest absolute Gasteiger partial charge is 0.310 e. The molecule has 0 amide bonds. The number of hydrogen-bond acceptors (Lipinski definition) is 2. The Morgan fingerprint density at radius 3 is 1.04 bits per heavy atom. The fraction of sp³-hybridized carbons (Fsp3) is 0. The van der Waals surface area contributed by atoms with E-state index in [-0.39, 0.29) is 0 Å². The molecule has 0 aliphatic carbocycles. The standard InChI is InChI=1S/C46H36N2/c1-3-35-14-11-16-39(32-35)37-24-28-43(29-25-37)47(41-18-7-5-8-19-41)45-22-13-23-46(34-45)48(42-20-9-6-10-21-42)44-30-26-38(27-31-44)40-17-12-15-36(4-2)33-40/h3-34H,1-2H2. The van der Waals surface area contributed by atoms with Gasteiger partial charge in [0.25, 0.3) is 0 Å². The van der Waals surface area contributed by atoms with E-state index >= 15 is 0 Å². The topological polar surface area (TPSA) is 6.48 Å². The average molecular weight is 617 g/mol. The highest BCUT2D eigenvalue weighted by atomic mass is 15.2. The Balaban J connectivity index is 1.29. The first-order chi connectivity index (χ1) is 23.7. The Labute approximate surface area is 283 Å². The van der Waals surface area contributed by atoms with Crippen molar-refractivity contribution in [1.82, 2.24) is 0 Å². The second kappa shape index (κ2) is 13.9. The lowest BCUT2D eigenvalue weighted by molar-refractivity contribution is 1.25. The summed E-state index contributed by atoms with van der Waals surface area (Å²) >= 11 is 0. The van der Waals surface area contributed by atoms with Crippen LogP contribution in [0.2, 0.25) is 0 Å². The quantitative estimate of drug-likeness (QED) is 0.151. The molecule has 2 nitrogen and oxygen atoms in total. The molecular formula is C46H36N2. The van der Waals surface area contributed by atoms with E-state index in [0.29, 0.717) is 0 Å². The predicted molar refractivity (Wildman–Crippen MR) is 207 cm³/mol. The van der Waals surface area contributed by atoms with Gasteiger partial charge in [-0.2, -0.15) is 0 Å². The third kappa shape index (κ3) is 6.46. The van der Waals surface area contributed by atoms with E-state index < -0.39 is 0 Å². The third-order valence-corrected chi connectivity index (χ3v) is 8.54. The Kier molecular flexibility index (Phi) is 8.80. The van der Waals surface area contributed by atoms with Crippen LogP contribution in [0.4, 0.5) is 34.1 Å². The molecule has 0 aliphatic rings. The van der Waals surface area contributed by atoms with E-state index in [2.05, 4.69) is 205 Å². The summed E-state index contributed by atoms with van der Waals surface area (Å²) in [5, 5.41) is 0. The number of benzene rings is 7. The van der Waals surface area contributed by atoms with E-state index in [1.807, 2.05) is 12.2 Å². The molecule has 230 valence electrons. The molecule has 7 rings (SSSR count). The highest BCUT2D eigenvalue weighted by Gasteiger charge is 2.17. The second-order valence-corrected chi connectivity index (χ2v) is 11.6. The van der Waals surface area contributed by atoms with Gasteiger partial charge in [-0.1, -0.05) is 128 Å².